The first-order valence-corrected chi connectivity index (χ1v) is 9.88. The van der Waals surface area contributed by atoms with Crippen molar-refractivity contribution in [1.82, 2.24) is 14.4 Å². The third-order valence-electron chi connectivity index (χ3n) is 5.52. The largest absolute Gasteiger partial charge is 0.346 e. The molecule has 6 nitrogen and oxygen atoms in total. The summed E-state index contributed by atoms with van der Waals surface area (Å²) < 4.78 is 2.06. The topological polar surface area (TPSA) is 69.3 Å². The molecule has 0 radical (unpaired) electrons. The molecule has 2 amide bonds. The van der Waals surface area contributed by atoms with Crippen molar-refractivity contribution in [1.29, 1.82) is 5.26 Å². The maximum absolute atomic E-state index is 12.6. The molecule has 1 saturated heterocycles. The molecule has 0 N–H and O–H groups in total. The molecule has 2 aliphatic rings. The van der Waals surface area contributed by atoms with Crippen molar-refractivity contribution in [2.75, 3.05) is 26.2 Å². The Bertz CT molecular complexity index is 957. The van der Waals surface area contributed by atoms with Crippen molar-refractivity contribution in [2.45, 2.75) is 25.8 Å². The molecular weight excluding hydrogens is 352 g/mol. The van der Waals surface area contributed by atoms with E-state index in [1.807, 2.05) is 46.3 Å². The number of carbonyl (C=O) groups excluding carboxylic acids is 2. The van der Waals surface area contributed by atoms with Crippen LogP contribution in [0.5, 0.6) is 0 Å². The molecule has 0 spiro atoms. The molecule has 1 aliphatic carbocycles. The molecule has 144 valence electrons. The third kappa shape index (κ3) is 3.79. The number of rotatable bonds is 5. The van der Waals surface area contributed by atoms with Gasteiger partial charge in [-0.05, 0) is 25.0 Å². The maximum atomic E-state index is 12.6. The number of amides is 2. The van der Waals surface area contributed by atoms with Gasteiger partial charge in [-0.25, -0.2) is 0 Å². The van der Waals surface area contributed by atoms with Crippen LogP contribution in [-0.4, -0.2) is 52.4 Å². The number of fused-ring (bicyclic) bond motifs is 1. The van der Waals surface area contributed by atoms with Crippen molar-refractivity contribution in [3.8, 4) is 6.07 Å². The molecular formula is C22H24N4O2. The van der Waals surface area contributed by atoms with Gasteiger partial charge in [0, 0.05) is 67.4 Å². The highest BCUT2D eigenvalue weighted by atomic mass is 16.2. The zero-order valence-corrected chi connectivity index (χ0v) is 15.9. The monoisotopic (exact) mass is 376 g/mol. The number of hydrogen-bond acceptors (Lipinski definition) is 3. The van der Waals surface area contributed by atoms with E-state index < -0.39 is 0 Å². The second-order valence-corrected chi connectivity index (χ2v) is 7.46. The summed E-state index contributed by atoms with van der Waals surface area (Å²) in [5.41, 5.74) is 2.04. The Balaban J connectivity index is 1.42. The van der Waals surface area contributed by atoms with Crippen molar-refractivity contribution < 1.29 is 9.59 Å². The van der Waals surface area contributed by atoms with Crippen LogP contribution >= 0.6 is 0 Å². The number of carbonyl (C=O) groups is 2. The van der Waals surface area contributed by atoms with E-state index in [4.69, 9.17) is 5.26 Å². The fourth-order valence-corrected chi connectivity index (χ4v) is 3.77. The number of nitriles is 1. The molecule has 2 aromatic rings. The summed E-state index contributed by atoms with van der Waals surface area (Å²) in [6, 6.07) is 10.2. The number of nitrogens with zero attached hydrogens (tertiary/aromatic N) is 4. The minimum absolute atomic E-state index is 0.0209. The summed E-state index contributed by atoms with van der Waals surface area (Å²) >= 11 is 0. The van der Waals surface area contributed by atoms with Gasteiger partial charge in [-0.1, -0.05) is 18.2 Å². The summed E-state index contributed by atoms with van der Waals surface area (Å²) in [7, 11) is 0. The van der Waals surface area contributed by atoms with Crippen LogP contribution in [0, 0.1) is 17.2 Å². The molecule has 28 heavy (non-hydrogen) atoms. The summed E-state index contributed by atoms with van der Waals surface area (Å²) in [5, 5.41) is 9.93. The Labute approximate surface area is 164 Å². The zero-order chi connectivity index (χ0) is 19.5. The summed E-state index contributed by atoms with van der Waals surface area (Å²) in [5.74, 6) is 0.473. The zero-order valence-electron chi connectivity index (χ0n) is 15.9. The molecule has 0 unspecified atom stereocenters. The lowest BCUT2D eigenvalue weighted by Crippen LogP contribution is -2.50. The molecule has 1 aromatic heterocycles. The standard InChI is InChI=1S/C22H24N4O2/c23-10-3-11-26-16-18(19-4-1-2-5-20(19)26)8-9-21(27)24-12-14-25(15-13-24)22(28)17-6-7-17/h1-2,4-5,8-9,16-17H,3,6-7,11-15H2/b9-8+. The highest BCUT2D eigenvalue weighted by molar-refractivity contribution is 5.96. The Morgan fingerprint density at radius 1 is 1.11 bits per heavy atom. The van der Waals surface area contributed by atoms with Gasteiger partial charge in [0.25, 0.3) is 0 Å². The van der Waals surface area contributed by atoms with Gasteiger partial charge < -0.3 is 14.4 Å². The lowest BCUT2D eigenvalue weighted by molar-refractivity contribution is -0.138. The van der Waals surface area contributed by atoms with E-state index in [2.05, 4.69) is 10.6 Å². The van der Waals surface area contributed by atoms with E-state index in [9.17, 15) is 9.59 Å². The van der Waals surface area contributed by atoms with Crippen LogP contribution < -0.4 is 0 Å². The highest BCUT2D eigenvalue weighted by Crippen LogP contribution is 2.31. The van der Waals surface area contributed by atoms with E-state index in [1.54, 1.807) is 6.08 Å². The second-order valence-electron chi connectivity index (χ2n) is 7.46. The average Bonchev–Trinajstić information content (AvgIpc) is 3.53. The van der Waals surface area contributed by atoms with E-state index in [1.165, 1.54) is 0 Å². The van der Waals surface area contributed by atoms with E-state index >= 15 is 0 Å². The molecule has 1 aromatic carbocycles. The van der Waals surface area contributed by atoms with Crippen LogP contribution in [0.4, 0.5) is 0 Å². The lowest BCUT2D eigenvalue weighted by Gasteiger charge is -2.34. The van der Waals surface area contributed by atoms with Crippen molar-refractivity contribution >= 4 is 28.8 Å². The van der Waals surface area contributed by atoms with Crippen LogP contribution in [0.1, 0.15) is 24.8 Å². The van der Waals surface area contributed by atoms with Gasteiger partial charge in [0.2, 0.25) is 11.8 Å². The number of aromatic nitrogens is 1. The smallest absolute Gasteiger partial charge is 0.246 e. The van der Waals surface area contributed by atoms with Crippen molar-refractivity contribution in [3.63, 3.8) is 0 Å². The molecule has 2 heterocycles. The number of benzene rings is 1. The minimum atomic E-state index is -0.0209. The van der Waals surface area contributed by atoms with Gasteiger partial charge >= 0.3 is 0 Å². The van der Waals surface area contributed by atoms with E-state index in [-0.39, 0.29) is 17.7 Å². The van der Waals surface area contributed by atoms with Crippen LogP contribution in [0.3, 0.4) is 0 Å². The normalized spacial score (nSPS) is 17.2. The maximum Gasteiger partial charge on any atom is 0.246 e. The fourth-order valence-electron chi connectivity index (χ4n) is 3.77. The number of hydrogen-bond donors (Lipinski definition) is 0. The Morgan fingerprint density at radius 2 is 1.82 bits per heavy atom. The first kappa shape index (κ1) is 18.3. The first-order chi connectivity index (χ1) is 13.7. The van der Waals surface area contributed by atoms with Crippen molar-refractivity contribution in [3.05, 3.63) is 42.1 Å². The summed E-state index contributed by atoms with van der Waals surface area (Å²) in [6.07, 6.45) is 7.96. The minimum Gasteiger partial charge on any atom is -0.346 e. The molecule has 0 bridgehead atoms. The van der Waals surface area contributed by atoms with Crippen LogP contribution in [0.2, 0.25) is 0 Å². The Hall–Kier alpha value is -3.07. The van der Waals surface area contributed by atoms with Crippen LogP contribution in [0.15, 0.2) is 36.5 Å². The van der Waals surface area contributed by atoms with Crippen molar-refractivity contribution in [2.24, 2.45) is 5.92 Å². The molecule has 1 saturated carbocycles. The van der Waals surface area contributed by atoms with E-state index in [0.29, 0.717) is 39.1 Å². The molecule has 1 aliphatic heterocycles. The highest BCUT2D eigenvalue weighted by Gasteiger charge is 2.34. The third-order valence-corrected chi connectivity index (χ3v) is 5.52. The average molecular weight is 376 g/mol. The lowest BCUT2D eigenvalue weighted by atomic mass is 10.1. The van der Waals surface area contributed by atoms with Gasteiger partial charge in [0.1, 0.15) is 0 Å². The molecule has 2 fully saturated rings. The summed E-state index contributed by atoms with van der Waals surface area (Å²) in [4.78, 5) is 28.4. The van der Waals surface area contributed by atoms with Gasteiger partial charge in [0.05, 0.1) is 12.5 Å². The Kier molecular flexibility index (Phi) is 5.16. The predicted molar refractivity (Wildman–Crippen MR) is 107 cm³/mol. The fraction of sp³-hybridized carbons (Fsp3) is 0.409. The van der Waals surface area contributed by atoms with E-state index in [0.717, 1.165) is 29.3 Å². The van der Waals surface area contributed by atoms with Crippen LogP contribution in [-0.2, 0) is 16.1 Å². The predicted octanol–water partition coefficient (Wildman–Crippen LogP) is 2.65. The van der Waals surface area contributed by atoms with Gasteiger partial charge in [-0.3, -0.25) is 9.59 Å². The Morgan fingerprint density at radius 3 is 2.54 bits per heavy atom. The first-order valence-electron chi connectivity index (χ1n) is 9.88. The second kappa shape index (κ2) is 7.89. The summed E-state index contributed by atoms with van der Waals surface area (Å²) in [6.45, 7) is 3.07. The van der Waals surface area contributed by atoms with Gasteiger partial charge in [-0.2, -0.15) is 5.26 Å². The number of para-hydroxylation sites is 1. The van der Waals surface area contributed by atoms with Gasteiger partial charge in [-0.15, -0.1) is 0 Å². The number of aryl methyl sites for hydroxylation is 1. The SMILES string of the molecule is N#CCCn1cc(/C=C/C(=O)N2CCN(C(=O)C3CC3)CC2)c2ccccc21. The molecule has 0 atom stereocenters. The van der Waals surface area contributed by atoms with Crippen LogP contribution in [0.25, 0.3) is 17.0 Å². The number of piperazine rings is 1. The van der Waals surface area contributed by atoms with Gasteiger partial charge in [0.15, 0.2) is 0 Å². The quantitative estimate of drug-likeness (QED) is 0.754. The molecule has 4 rings (SSSR count). The molecule has 6 heteroatoms.